The number of hydrazine groups is 1. The van der Waals surface area contributed by atoms with Gasteiger partial charge in [0.25, 0.3) is 0 Å². The van der Waals surface area contributed by atoms with Crippen LogP contribution in [0.5, 0.6) is 0 Å². The molecule has 0 heterocycles. The van der Waals surface area contributed by atoms with Gasteiger partial charge in [0, 0.05) is 12.1 Å². The van der Waals surface area contributed by atoms with E-state index < -0.39 is 0 Å². The van der Waals surface area contributed by atoms with Crippen molar-refractivity contribution in [3.8, 4) is 0 Å². The van der Waals surface area contributed by atoms with Gasteiger partial charge in [-0.3, -0.25) is 10.2 Å². The fourth-order valence-electron chi connectivity index (χ4n) is 1.39. The number of hydrogen-bond donors (Lipinski definition) is 2. The van der Waals surface area contributed by atoms with E-state index in [2.05, 4.69) is 24.2 Å². The van der Waals surface area contributed by atoms with Crippen LogP contribution in [0, 0.1) is 5.92 Å². The van der Waals surface area contributed by atoms with Crippen LogP contribution in [-0.4, -0.2) is 29.9 Å². The first-order valence-electron chi connectivity index (χ1n) is 5.18. The highest BCUT2D eigenvalue weighted by molar-refractivity contribution is 5.78. The molecule has 3 atom stereocenters. The number of carbonyl (C=O) groups is 1. The van der Waals surface area contributed by atoms with Crippen molar-refractivity contribution in [2.75, 3.05) is 7.05 Å². The summed E-state index contributed by atoms with van der Waals surface area (Å²) in [5.41, 5.74) is 2.19. The molecule has 84 valence electrons. The summed E-state index contributed by atoms with van der Waals surface area (Å²) in [5.74, 6) is 4.91. The smallest absolute Gasteiger partial charge is 0.238 e. The Balaban J connectivity index is 4.30. The molecule has 1 amide bonds. The monoisotopic (exact) mass is 201 g/mol. The van der Waals surface area contributed by atoms with Crippen molar-refractivity contribution in [2.24, 2.45) is 11.8 Å². The number of hydrogen-bond acceptors (Lipinski definition) is 3. The Kier molecular flexibility index (Phi) is 5.72. The Labute approximate surface area is 86.8 Å². The Hall–Kier alpha value is -0.610. The fourth-order valence-corrected chi connectivity index (χ4v) is 1.39. The number of nitrogens with one attached hydrogen (secondary N) is 1. The van der Waals surface area contributed by atoms with E-state index in [0.717, 1.165) is 6.42 Å². The SMILES string of the molecule is CCC(C)N(C)C(C)C(C)C(=O)NN. The lowest BCUT2D eigenvalue weighted by molar-refractivity contribution is -0.126. The van der Waals surface area contributed by atoms with Gasteiger partial charge in [0.1, 0.15) is 0 Å². The first kappa shape index (κ1) is 13.4. The molecule has 0 radical (unpaired) electrons. The molecule has 0 aliphatic carbocycles. The number of amides is 1. The summed E-state index contributed by atoms with van der Waals surface area (Å²) in [5, 5.41) is 0. The van der Waals surface area contributed by atoms with Crippen LogP contribution in [0.2, 0.25) is 0 Å². The number of nitrogens with two attached hydrogens (primary N) is 1. The molecule has 3 N–H and O–H groups in total. The molecule has 3 unspecified atom stereocenters. The molecule has 0 bridgehead atoms. The Bertz CT molecular complexity index is 184. The molecule has 0 aromatic heterocycles. The molecule has 4 heteroatoms. The predicted octanol–water partition coefficient (Wildman–Crippen LogP) is 0.731. The molecule has 4 nitrogen and oxygen atoms in total. The normalized spacial score (nSPS) is 17.6. The second-order valence-electron chi connectivity index (χ2n) is 3.96. The van der Waals surface area contributed by atoms with Crippen LogP contribution in [0.25, 0.3) is 0 Å². The first-order chi connectivity index (χ1) is 6.45. The van der Waals surface area contributed by atoms with Crippen molar-refractivity contribution in [1.29, 1.82) is 0 Å². The molecular weight excluding hydrogens is 178 g/mol. The minimum Gasteiger partial charge on any atom is -0.300 e. The van der Waals surface area contributed by atoms with Gasteiger partial charge < -0.3 is 4.90 Å². The second kappa shape index (κ2) is 5.98. The fraction of sp³-hybridized carbons (Fsp3) is 0.900. The van der Waals surface area contributed by atoms with Gasteiger partial charge in [0.15, 0.2) is 0 Å². The summed E-state index contributed by atoms with van der Waals surface area (Å²) in [6.07, 6.45) is 1.08. The topological polar surface area (TPSA) is 58.4 Å². The lowest BCUT2D eigenvalue weighted by Crippen LogP contribution is -2.47. The van der Waals surface area contributed by atoms with Crippen molar-refractivity contribution in [3.63, 3.8) is 0 Å². The van der Waals surface area contributed by atoms with Crippen molar-refractivity contribution in [3.05, 3.63) is 0 Å². The van der Waals surface area contributed by atoms with E-state index in [4.69, 9.17) is 5.84 Å². The molecule has 0 aromatic rings. The predicted molar refractivity (Wildman–Crippen MR) is 58.5 cm³/mol. The average molecular weight is 201 g/mol. The van der Waals surface area contributed by atoms with E-state index in [9.17, 15) is 4.79 Å². The van der Waals surface area contributed by atoms with Crippen LogP contribution in [0.15, 0.2) is 0 Å². The molecule has 0 saturated heterocycles. The maximum absolute atomic E-state index is 11.3. The van der Waals surface area contributed by atoms with Gasteiger partial charge in [-0.25, -0.2) is 5.84 Å². The zero-order valence-corrected chi connectivity index (χ0v) is 9.87. The number of carbonyl (C=O) groups excluding carboxylic acids is 1. The van der Waals surface area contributed by atoms with Gasteiger partial charge >= 0.3 is 0 Å². The van der Waals surface area contributed by atoms with Crippen LogP contribution in [0.1, 0.15) is 34.1 Å². The van der Waals surface area contributed by atoms with Gasteiger partial charge in [-0.05, 0) is 27.3 Å². The zero-order valence-electron chi connectivity index (χ0n) is 9.87. The van der Waals surface area contributed by atoms with Gasteiger partial charge in [-0.1, -0.05) is 13.8 Å². The summed E-state index contributed by atoms with van der Waals surface area (Å²) in [6, 6.07) is 0.687. The third-order valence-electron chi connectivity index (χ3n) is 3.21. The molecule has 0 spiro atoms. The van der Waals surface area contributed by atoms with Crippen LogP contribution in [-0.2, 0) is 4.79 Å². The van der Waals surface area contributed by atoms with E-state index in [-0.39, 0.29) is 17.9 Å². The third-order valence-corrected chi connectivity index (χ3v) is 3.21. The van der Waals surface area contributed by atoms with E-state index in [1.54, 1.807) is 0 Å². The van der Waals surface area contributed by atoms with Gasteiger partial charge in [0.05, 0.1) is 5.92 Å². The molecule has 0 aliphatic heterocycles. The summed E-state index contributed by atoms with van der Waals surface area (Å²) < 4.78 is 0. The maximum Gasteiger partial charge on any atom is 0.238 e. The number of rotatable bonds is 5. The summed E-state index contributed by atoms with van der Waals surface area (Å²) >= 11 is 0. The highest BCUT2D eigenvalue weighted by Crippen LogP contribution is 2.13. The van der Waals surface area contributed by atoms with E-state index in [1.165, 1.54) is 0 Å². The van der Waals surface area contributed by atoms with Crippen LogP contribution in [0.3, 0.4) is 0 Å². The highest BCUT2D eigenvalue weighted by Gasteiger charge is 2.24. The molecule has 0 aliphatic rings. The quantitative estimate of drug-likeness (QED) is 0.392. The Morgan fingerprint density at radius 2 is 1.93 bits per heavy atom. The maximum atomic E-state index is 11.3. The Morgan fingerprint density at radius 3 is 2.29 bits per heavy atom. The largest absolute Gasteiger partial charge is 0.300 e. The summed E-state index contributed by atoms with van der Waals surface area (Å²) in [4.78, 5) is 13.5. The lowest BCUT2D eigenvalue weighted by Gasteiger charge is -2.33. The molecule has 14 heavy (non-hydrogen) atoms. The minimum absolute atomic E-state index is 0.0843. The molecule has 0 saturated carbocycles. The Morgan fingerprint density at radius 1 is 1.43 bits per heavy atom. The summed E-state index contributed by atoms with van der Waals surface area (Å²) in [7, 11) is 2.04. The molecule has 0 rings (SSSR count). The molecule has 0 fully saturated rings. The lowest BCUT2D eigenvalue weighted by atomic mass is 10.00. The van der Waals surface area contributed by atoms with E-state index in [0.29, 0.717) is 6.04 Å². The van der Waals surface area contributed by atoms with Gasteiger partial charge in [-0.2, -0.15) is 0 Å². The summed E-state index contributed by atoms with van der Waals surface area (Å²) in [6.45, 7) is 8.24. The van der Waals surface area contributed by atoms with Crippen LogP contribution >= 0.6 is 0 Å². The van der Waals surface area contributed by atoms with Crippen molar-refractivity contribution < 1.29 is 4.79 Å². The van der Waals surface area contributed by atoms with E-state index in [1.807, 2.05) is 20.9 Å². The molecule has 0 aromatic carbocycles. The third kappa shape index (κ3) is 3.27. The standard InChI is InChI=1S/C10H23N3O/c1-6-7(2)13(5)9(4)8(3)10(14)12-11/h7-9H,6,11H2,1-5H3,(H,12,14). The minimum atomic E-state index is -0.104. The van der Waals surface area contributed by atoms with Crippen LogP contribution in [0.4, 0.5) is 0 Å². The van der Waals surface area contributed by atoms with E-state index >= 15 is 0 Å². The molecular formula is C10H23N3O. The van der Waals surface area contributed by atoms with Crippen molar-refractivity contribution in [2.45, 2.75) is 46.2 Å². The number of nitrogens with zero attached hydrogens (tertiary/aromatic N) is 1. The zero-order chi connectivity index (χ0) is 11.3. The first-order valence-corrected chi connectivity index (χ1v) is 5.18. The van der Waals surface area contributed by atoms with Crippen molar-refractivity contribution >= 4 is 5.91 Å². The van der Waals surface area contributed by atoms with Gasteiger partial charge in [0.2, 0.25) is 5.91 Å². The highest BCUT2D eigenvalue weighted by atomic mass is 16.2. The van der Waals surface area contributed by atoms with Crippen LogP contribution < -0.4 is 11.3 Å². The van der Waals surface area contributed by atoms with Crippen molar-refractivity contribution in [1.82, 2.24) is 10.3 Å². The second-order valence-corrected chi connectivity index (χ2v) is 3.96. The average Bonchev–Trinajstić information content (AvgIpc) is 2.23. The van der Waals surface area contributed by atoms with Gasteiger partial charge in [-0.15, -0.1) is 0 Å².